The van der Waals surface area contributed by atoms with E-state index in [1.54, 1.807) is 0 Å². The van der Waals surface area contributed by atoms with Crippen LogP contribution < -0.4 is 0 Å². The summed E-state index contributed by atoms with van der Waals surface area (Å²) in [5.41, 5.74) is 0.744. The predicted molar refractivity (Wildman–Crippen MR) is 70.9 cm³/mol. The summed E-state index contributed by atoms with van der Waals surface area (Å²) in [6.45, 7) is 2.25. The molecule has 1 fully saturated rings. The molecule has 1 rings (SSSR count). The molecule has 1 aliphatic rings. The van der Waals surface area contributed by atoms with Crippen molar-refractivity contribution >= 4 is 8.56 Å². The van der Waals surface area contributed by atoms with Gasteiger partial charge >= 0.3 is 8.56 Å². The van der Waals surface area contributed by atoms with Crippen LogP contribution in [0.5, 0.6) is 0 Å². The van der Waals surface area contributed by atoms with Crippen LogP contribution in [0.25, 0.3) is 0 Å². The molecule has 1 saturated carbocycles. The quantitative estimate of drug-likeness (QED) is 0.492. The lowest BCUT2D eigenvalue weighted by Gasteiger charge is -2.37. The molecule has 0 aliphatic heterocycles. The van der Waals surface area contributed by atoms with Gasteiger partial charge in [0.15, 0.2) is 0 Å². The van der Waals surface area contributed by atoms with Crippen LogP contribution in [0.4, 0.5) is 0 Å². The third-order valence-electron chi connectivity index (χ3n) is 4.05. The fraction of sp³-hybridized carbons (Fsp3) is 1.00. The maximum absolute atomic E-state index is 5.89. The first-order valence-electron chi connectivity index (χ1n) is 6.89. The van der Waals surface area contributed by atoms with Crippen LogP contribution in [0, 0.1) is 0 Å². The van der Waals surface area contributed by atoms with Crippen molar-refractivity contribution in [3.05, 3.63) is 0 Å². The molecule has 0 amide bonds. The van der Waals surface area contributed by atoms with E-state index in [4.69, 9.17) is 8.85 Å². The van der Waals surface area contributed by atoms with Crippen molar-refractivity contribution in [1.82, 2.24) is 0 Å². The Morgan fingerprint density at radius 1 is 1.00 bits per heavy atom. The molecular weight excluding hydrogens is 216 g/mol. The molecule has 0 saturated heterocycles. The van der Waals surface area contributed by atoms with Gasteiger partial charge < -0.3 is 8.85 Å². The summed E-state index contributed by atoms with van der Waals surface area (Å²) in [6, 6.07) is 1.19. The zero-order valence-corrected chi connectivity index (χ0v) is 12.3. The molecule has 0 spiro atoms. The van der Waals surface area contributed by atoms with E-state index in [0.29, 0.717) is 0 Å². The maximum atomic E-state index is 5.89. The zero-order valence-electron chi connectivity index (χ0n) is 11.3. The molecule has 0 atom stereocenters. The van der Waals surface area contributed by atoms with E-state index in [-0.39, 0.29) is 0 Å². The van der Waals surface area contributed by atoms with Crippen LogP contribution in [-0.2, 0) is 8.85 Å². The number of rotatable bonds is 7. The van der Waals surface area contributed by atoms with Crippen LogP contribution in [0.15, 0.2) is 0 Å². The van der Waals surface area contributed by atoms with Crippen LogP contribution >= 0.6 is 0 Å². The Hall–Kier alpha value is 0.137. The second-order valence-corrected chi connectivity index (χ2v) is 8.77. The van der Waals surface area contributed by atoms with Gasteiger partial charge in [-0.05, 0) is 18.9 Å². The first-order valence-corrected chi connectivity index (χ1v) is 8.99. The van der Waals surface area contributed by atoms with Gasteiger partial charge in [-0.3, -0.25) is 0 Å². The van der Waals surface area contributed by atoms with Crippen molar-refractivity contribution < 1.29 is 8.85 Å². The van der Waals surface area contributed by atoms with Gasteiger partial charge in [0.25, 0.3) is 0 Å². The van der Waals surface area contributed by atoms with E-state index < -0.39 is 8.56 Å². The van der Waals surface area contributed by atoms with Gasteiger partial charge in [-0.25, -0.2) is 0 Å². The second-order valence-electron chi connectivity index (χ2n) is 5.01. The summed E-state index contributed by atoms with van der Waals surface area (Å²) < 4.78 is 11.8. The summed E-state index contributed by atoms with van der Waals surface area (Å²) in [5, 5.41) is 0. The molecule has 0 unspecified atom stereocenters. The van der Waals surface area contributed by atoms with Crippen molar-refractivity contribution in [2.75, 3.05) is 14.2 Å². The lowest BCUT2D eigenvalue weighted by molar-refractivity contribution is 0.215. The molecule has 0 aromatic carbocycles. The van der Waals surface area contributed by atoms with Gasteiger partial charge in [0.2, 0.25) is 0 Å². The van der Waals surface area contributed by atoms with Crippen molar-refractivity contribution in [3.63, 3.8) is 0 Å². The van der Waals surface area contributed by atoms with Gasteiger partial charge in [-0.2, -0.15) is 0 Å². The van der Waals surface area contributed by atoms with Gasteiger partial charge in [-0.15, -0.1) is 0 Å². The molecule has 0 N–H and O–H groups in total. The minimum absolute atomic E-state index is 0.744. The fourth-order valence-corrected chi connectivity index (χ4v) is 6.67. The van der Waals surface area contributed by atoms with Crippen LogP contribution in [0.2, 0.25) is 11.6 Å². The van der Waals surface area contributed by atoms with Gasteiger partial charge in [0.05, 0.1) is 0 Å². The molecule has 0 aromatic heterocycles. The average Bonchev–Trinajstić information content (AvgIpc) is 2.36. The Labute approximate surface area is 102 Å². The van der Waals surface area contributed by atoms with Crippen LogP contribution in [0.1, 0.15) is 58.3 Å². The Morgan fingerprint density at radius 3 is 2.12 bits per heavy atom. The number of unbranched alkanes of at least 4 members (excludes halogenated alkanes) is 2. The lowest BCUT2D eigenvalue weighted by atomic mass is 10.0. The molecule has 0 bridgehead atoms. The smallest absolute Gasteiger partial charge is 0.340 e. The Balaban J connectivity index is 2.54. The van der Waals surface area contributed by atoms with Crippen molar-refractivity contribution in [2.24, 2.45) is 0 Å². The molecule has 0 heterocycles. The summed E-state index contributed by atoms with van der Waals surface area (Å²) in [5.74, 6) is 0. The highest BCUT2D eigenvalue weighted by Crippen LogP contribution is 2.40. The summed E-state index contributed by atoms with van der Waals surface area (Å²) in [4.78, 5) is 0. The van der Waals surface area contributed by atoms with E-state index in [2.05, 4.69) is 6.92 Å². The van der Waals surface area contributed by atoms with Gasteiger partial charge in [-0.1, -0.05) is 45.4 Å². The molecule has 0 aromatic rings. The first kappa shape index (κ1) is 14.2. The molecule has 96 valence electrons. The van der Waals surface area contributed by atoms with Crippen LogP contribution in [-0.4, -0.2) is 22.8 Å². The third kappa shape index (κ3) is 3.57. The van der Waals surface area contributed by atoms with E-state index >= 15 is 0 Å². The Bertz CT molecular complexity index is 175. The van der Waals surface area contributed by atoms with E-state index in [1.807, 2.05) is 14.2 Å². The topological polar surface area (TPSA) is 18.5 Å². The summed E-state index contributed by atoms with van der Waals surface area (Å²) in [6.07, 6.45) is 10.7. The molecule has 2 nitrogen and oxygen atoms in total. The molecule has 1 aliphatic carbocycles. The van der Waals surface area contributed by atoms with Crippen molar-refractivity contribution in [2.45, 2.75) is 69.9 Å². The minimum Gasteiger partial charge on any atom is -0.397 e. The normalized spacial score (nSPS) is 18.9. The fourth-order valence-electron chi connectivity index (χ4n) is 2.99. The highest BCUT2D eigenvalue weighted by atomic mass is 28.4. The number of hydrogen-bond acceptors (Lipinski definition) is 2. The monoisotopic (exact) mass is 244 g/mol. The SMILES string of the molecule is CCCCC[Si](OC)(OC)C1CCCCC1. The van der Waals surface area contributed by atoms with Crippen molar-refractivity contribution in [3.8, 4) is 0 Å². The lowest BCUT2D eigenvalue weighted by Crippen LogP contribution is -2.45. The van der Waals surface area contributed by atoms with Gasteiger partial charge in [0, 0.05) is 19.8 Å². The zero-order chi connectivity index (χ0) is 11.9. The summed E-state index contributed by atoms with van der Waals surface area (Å²) in [7, 11) is 1.86. The van der Waals surface area contributed by atoms with Crippen LogP contribution in [0.3, 0.4) is 0 Å². The van der Waals surface area contributed by atoms with E-state index in [1.165, 1.54) is 57.4 Å². The van der Waals surface area contributed by atoms with E-state index in [9.17, 15) is 0 Å². The van der Waals surface area contributed by atoms with Crippen molar-refractivity contribution in [1.29, 1.82) is 0 Å². The highest BCUT2D eigenvalue weighted by Gasteiger charge is 2.43. The van der Waals surface area contributed by atoms with E-state index in [0.717, 1.165) is 5.54 Å². The average molecular weight is 244 g/mol. The second kappa shape index (κ2) is 7.46. The van der Waals surface area contributed by atoms with Gasteiger partial charge in [0.1, 0.15) is 0 Å². The molecular formula is C13H28O2Si. The standard InChI is InChI=1S/C13H28O2Si/c1-4-5-9-12-16(14-2,15-3)13-10-7-6-8-11-13/h13H,4-12H2,1-3H3. The summed E-state index contributed by atoms with van der Waals surface area (Å²) >= 11 is 0. The Morgan fingerprint density at radius 2 is 1.62 bits per heavy atom. The first-order chi connectivity index (χ1) is 7.79. The number of hydrogen-bond donors (Lipinski definition) is 0. The minimum atomic E-state index is -1.88. The third-order valence-corrected chi connectivity index (χ3v) is 8.30. The largest absolute Gasteiger partial charge is 0.397 e. The maximum Gasteiger partial charge on any atom is 0.340 e. The molecule has 3 heteroatoms. The predicted octanol–water partition coefficient (Wildman–Crippen LogP) is 4.25. The molecule has 16 heavy (non-hydrogen) atoms. The molecule has 0 radical (unpaired) electrons. The Kier molecular flexibility index (Phi) is 6.62. The highest BCUT2D eigenvalue weighted by molar-refractivity contribution is 6.69.